The third-order valence-electron chi connectivity index (χ3n) is 5.50. The Hall–Kier alpha value is -2.41. The fraction of sp³-hybridized carbons (Fsp3) is 0.522. The maximum Gasteiger partial charge on any atom is 0.341 e. The monoisotopic (exact) mass is 431 g/mol. The van der Waals surface area contributed by atoms with Gasteiger partial charge in [-0.1, -0.05) is 24.6 Å². The fourth-order valence-corrected chi connectivity index (χ4v) is 5.07. The van der Waals surface area contributed by atoms with Crippen LogP contribution in [-0.4, -0.2) is 30.6 Å². The molecule has 0 radical (unpaired) electrons. The molecule has 6 nitrogen and oxygen atoms in total. The highest BCUT2D eigenvalue weighted by Gasteiger charge is 2.30. The summed E-state index contributed by atoms with van der Waals surface area (Å²) in [4.78, 5) is 38.8. The van der Waals surface area contributed by atoms with Gasteiger partial charge >= 0.3 is 11.9 Å². The van der Waals surface area contributed by atoms with Crippen molar-refractivity contribution in [2.75, 3.05) is 11.9 Å². The molecule has 3 rings (SSSR count). The van der Waals surface area contributed by atoms with Gasteiger partial charge in [0.1, 0.15) is 5.00 Å². The van der Waals surface area contributed by atoms with Crippen LogP contribution in [-0.2, 0) is 31.9 Å². The predicted octanol–water partition coefficient (Wildman–Crippen LogP) is 4.59. The molecule has 30 heavy (non-hydrogen) atoms. The number of carbonyl (C=O) groups is 3. The van der Waals surface area contributed by atoms with Crippen LogP contribution in [0.5, 0.6) is 0 Å². The Labute approximate surface area is 181 Å². The van der Waals surface area contributed by atoms with E-state index in [-0.39, 0.29) is 6.61 Å². The summed E-state index contributed by atoms with van der Waals surface area (Å²) >= 11 is 1.42. The third kappa shape index (κ3) is 5.01. The first kappa shape index (κ1) is 22.3. The molecule has 0 fully saturated rings. The van der Waals surface area contributed by atoms with E-state index in [0.717, 1.165) is 36.1 Å². The van der Waals surface area contributed by atoms with Crippen LogP contribution in [0.3, 0.4) is 0 Å². The zero-order valence-electron chi connectivity index (χ0n) is 18.0. The van der Waals surface area contributed by atoms with E-state index in [2.05, 4.69) is 12.2 Å². The molecular weight excluding hydrogens is 402 g/mol. The van der Waals surface area contributed by atoms with E-state index in [1.165, 1.54) is 23.8 Å². The van der Waals surface area contributed by atoms with Gasteiger partial charge in [-0.2, -0.15) is 0 Å². The van der Waals surface area contributed by atoms with Gasteiger partial charge < -0.3 is 14.8 Å². The minimum Gasteiger partial charge on any atom is -0.462 e. The predicted molar refractivity (Wildman–Crippen MR) is 117 cm³/mol. The van der Waals surface area contributed by atoms with Crippen molar-refractivity contribution >= 4 is 34.2 Å². The lowest BCUT2D eigenvalue weighted by molar-refractivity contribution is -0.149. The molecule has 7 heteroatoms. The molecule has 1 N–H and O–H groups in total. The number of carbonyl (C=O) groups excluding carboxylic acids is 3. The number of nitrogens with one attached hydrogen (secondary N) is 1. The van der Waals surface area contributed by atoms with Gasteiger partial charge in [0.25, 0.3) is 5.91 Å². The number of amides is 1. The van der Waals surface area contributed by atoms with E-state index in [0.29, 0.717) is 28.5 Å². The van der Waals surface area contributed by atoms with Crippen molar-refractivity contribution < 1.29 is 23.9 Å². The Morgan fingerprint density at radius 2 is 1.97 bits per heavy atom. The minimum absolute atomic E-state index is 0.268. The molecule has 1 aromatic rings. The van der Waals surface area contributed by atoms with Crippen molar-refractivity contribution in [1.82, 2.24) is 0 Å². The second kappa shape index (κ2) is 9.60. The van der Waals surface area contributed by atoms with Crippen LogP contribution < -0.4 is 5.32 Å². The summed E-state index contributed by atoms with van der Waals surface area (Å²) < 4.78 is 10.6. The first-order chi connectivity index (χ1) is 14.3. The second-order valence-corrected chi connectivity index (χ2v) is 9.12. The molecule has 1 amide bonds. The van der Waals surface area contributed by atoms with Crippen LogP contribution in [0, 0.1) is 5.92 Å². The molecule has 1 aromatic heterocycles. The van der Waals surface area contributed by atoms with Gasteiger partial charge in [-0.25, -0.2) is 9.59 Å². The van der Waals surface area contributed by atoms with Crippen LogP contribution in [0.25, 0.3) is 0 Å². The number of hydrogen-bond donors (Lipinski definition) is 1. The highest BCUT2D eigenvalue weighted by Crippen LogP contribution is 2.40. The molecule has 1 heterocycles. The zero-order valence-corrected chi connectivity index (χ0v) is 18.8. The molecule has 0 unspecified atom stereocenters. The van der Waals surface area contributed by atoms with Gasteiger partial charge in [-0.15, -0.1) is 11.3 Å². The lowest BCUT2D eigenvalue weighted by atomic mass is 9.88. The number of anilines is 1. The molecule has 0 spiro atoms. The first-order valence-electron chi connectivity index (χ1n) is 10.5. The first-order valence-corrected chi connectivity index (χ1v) is 11.3. The Kier molecular flexibility index (Phi) is 7.13. The number of rotatable bonds is 6. The van der Waals surface area contributed by atoms with Crippen LogP contribution >= 0.6 is 11.3 Å². The molecule has 0 aliphatic heterocycles. The summed E-state index contributed by atoms with van der Waals surface area (Å²) in [6.07, 6.45) is 6.77. The van der Waals surface area contributed by atoms with Crippen molar-refractivity contribution in [3.63, 3.8) is 0 Å². The van der Waals surface area contributed by atoms with Gasteiger partial charge in [0.05, 0.1) is 12.2 Å². The molecule has 2 aliphatic carbocycles. The number of hydrogen-bond acceptors (Lipinski definition) is 6. The van der Waals surface area contributed by atoms with E-state index >= 15 is 0 Å². The molecule has 2 aliphatic rings. The lowest BCUT2D eigenvalue weighted by Gasteiger charge is -2.18. The van der Waals surface area contributed by atoms with Crippen LogP contribution in [0.2, 0.25) is 0 Å². The summed E-state index contributed by atoms with van der Waals surface area (Å²) in [5.74, 6) is -0.815. The van der Waals surface area contributed by atoms with E-state index in [9.17, 15) is 14.4 Å². The number of fused-ring (bicyclic) bond motifs is 1. The van der Waals surface area contributed by atoms with Crippen LogP contribution in [0.4, 0.5) is 5.00 Å². The van der Waals surface area contributed by atoms with Crippen molar-refractivity contribution in [2.45, 2.75) is 65.9 Å². The molecule has 0 bridgehead atoms. The summed E-state index contributed by atoms with van der Waals surface area (Å²) in [6.45, 7) is 7.76. The van der Waals surface area contributed by atoms with Gasteiger partial charge in [0.2, 0.25) is 0 Å². The topological polar surface area (TPSA) is 81.7 Å². The lowest BCUT2D eigenvalue weighted by Crippen LogP contribution is -2.31. The van der Waals surface area contributed by atoms with Crippen LogP contribution in [0.15, 0.2) is 23.3 Å². The van der Waals surface area contributed by atoms with Crippen molar-refractivity contribution in [3.8, 4) is 0 Å². The molecule has 0 aromatic carbocycles. The minimum atomic E-state index is -0.974. The Morgan fingerprint density at radius 1 is 1.20 bits per heavy atom. The molecule has 0 saturated heterocycles. The summed E-state index contributed by atoms with van der Waals surface area (Å²) in [5.41, 5.74) is 3.20. The van der Waals surface area contributed by atoms with Gasteiger partial charge in [0, 0.05) is 10.5 Å². The average molecular weight is 432 g/mol. The van der Waals surface area contributed by atoms with E-state index in [1.54, 1.807) is 13.0 Å². The maximum atomic E-state index is 12.7. The Morgan fingerprint density at radius 3 is 2.63 bits per heavy atom. The Balaban J connectivity index is 1.74. The Bertz CT molecular complexity index is 911. The van der Waals surface area contributed by atoms with Crippen molar-refractivity contribution in [3.05, 3.63) is 39.3 Å². The normalized spacial score (nSPS) is 19.1. The zero-order chi connectivity index (χ0) is 21.8. The average Bonchev–Trinajstić information content (AvgIpc) is 3.05. The molecule has 2 atom stereocenters. The maximum absolute atomic E-state index is 12.7. The van der Waals surface area contributed by atoms with E-state index < -0.39 is 23.9 Å². The van der Waals surface area contributed by atoms with Crippen LogP contribution in [0.1, 0.15) is 67.8 Å². The molecule has 0 saturated carbocycles. The number of esters is 2. The smallest absolute Gasteiger partial charge is 0.341 e. The summed E-state index contributed by atoms with van der Waals surface area (Å²) in [7, 11) is 0. The van der Waals surface area contributed by atoms with E-state index in [4.69, 9.17) is 9.47 Å². The van der Waals surface area contributed by atoms with Gasteiger partial charge in [0.15, 0.2) is 6.10 Å². The van der Waals surface area contributed by atoms with Crippen molar-refractivity contribution in [2.24, 2.45) is 5.92 Å². The standard InChI is InChI=1S/C23H29NO5S/c1-5-28-23(27)19-17-11-8-14(3)12-18(17)30-21(19)24-20(25)15(4)29-22(26)16-9-6-13(2)7-10-16/h6,9,14-15H,5,7-8,10-12H2,1-4H3,(H,24,25)/t14-,15+/m0/s1. The van der Waals surface area contributed by atoms with E-state index in [1.807, 2.05) is 13.0 Å². The molecular formula is C23H29NO5S. The highest BCUT2D eigenvalue weighted by atomic mass is 32.1. The summed E-state index contributed by atoms with van der Waals surface area (Å²) in [6, 6.07) is 0. The van der Waals surface area contributed by atoms with Crippen molar-refractivity contribution in [1.29, 1.82) is 0 Å². The summed E-state index contributed by atoms with van der Waals surface area (Å²) in [5, 5.41) is 3.29. The molecule has 162 valence electrons. The third-order valence-corrected chi connectivity index (χ3v) is 6.67. The number of allylic oxidation sites excluding steroid dienone is 3. The SMILES string of the molecule is CCOC(=O)c1c(NC(=O)[C@@H](C)OC(=O)C2=CC=C(C)CC2)sc2c1CC[C@H](C)C2. The quantitative estimate of drug-likeness (QED) is 0.667. The largest absolute Gasteiger partial charge is 0.462 e. The second-order valence-electron chi connectivity index (χ2n) is 8.02. The number of thiophene rings is 1. The van der Waals surface area contributed by atoms with Gasteiger partial charge in [-0.05, 0) is 64.4 Å². The fourth-order valence-electron chi connectivity index (χ4n) is 3.67. The number of ether oxygens (including phenoxy) is 2. The highest BCUT2D eigenvalue weighted by molar-refractivity contribution is 7.17. The van der Waals surface area contributed by atoms with Gasteiger partial charge in [-0.3, -0.25) is 4.79 Å².